The molecule has 0 spiro atoms. The molecular formula is C22H18N2O3. The van der Waals surface area contributed by atoms with Gasteiger partial charge in [-0.3, -0.25) is 4.79 Å². The Morgan fingerprint density at radius 2 is 1.85 bits per heavy atom. The van der Waals surface area contributed by atoms with Crippen molar-refractivity contribution in [1.29, 1.82) is 0 Å². The molecule has 0 bridgehead atoms. The van der Waals surface area contributed by atoms with Crippen molar-refractivity contribution in [3.05, 3.63) is 78.1 Å². The maximum atomic E-state index is 12.3. The number of hydrogen-bond acceptors (Lipinski definition) is 4. The summed E-state index contributed by atoms with van der Waals surface area (Å²) in [4.78, 5) is 12.3. The first-order valence-corrected chi connectivity index (χ1v) is 8.73. The molecule has 0 fully saturated rings. The molecule has 0 aliphatic heterocycles. The minimum absolute atomic E-state index is 0.219. The summed E-state index contributed by atoms with van der Waals surface area (Å²) in [5.41, 5.74) is 4.01. The number of amides is 1. The van der Waals surface area contributed by atoms with Crippen molar-refractivity contribution >= 4 is 33.9 Å². The van der Waals surface area contributed by atoms with Gasteiger partial charge in [0.25, 0.3) is 0 Å². The van der Waals surface area contributed by atoms with Gasteiger partial charge in [-0.1, -0.05) is 48.5 Å². The third-order valence-corrected chi connectivity index (χ3v) is 4.24. The number of nitrogens with one attached hydrogen (secondary N) is 1. The lowest BCUT2D eigenvalue weighted by Crippen LogP contribution is -2.16. The standard InChI is InChI=1S/C22H18N2O3/c1-2-26-20-12-11-15-7-3-5-9-17(15)18(20)14-23-24-22(25)21-13-16-8-4-6-10-19(16)27-21/h3-14H,2H2,1H3,(H,24,25). The molecule has 5 nitrogen and oxygen atoms in total. The number of benzene rings is 3. The molecule has 3 aromatic carbocycles. The van der Waals surface area contributed by atoms with Crippen LogP contribution in [-0.2, 0) is 0 Å². The fourth-order valence-corrected chi connectivity index (χ4v) is 2.99. The van der Waals surface area contributed by atoms with Crippen LogP contribution in [0.15, 0.2) is 76.2 Å². The molecule has 1 N–H and O–H groups in total. The maximum absolute atomic E-state index is 12.3. The van der Waals surface area contributed by atoms with Crippen LogP contribution in [0.2, 0.25) is 0 Å². The second kappa shape index (κ2) is 7.33. The van der Waals surface area contributed by atoms with Crippen LogP contribution < -0.4 is 10.2 Å². The van der Waals surface area contributed by atoms with Gasteiger partial charge in [-0.2, -0.15) is 5.10 Å². The number of para-hydroxylation sites is 1. The lowest BCUT2D eigenvalue weighted by atomic mass is 10.0. The highest BCUT2D eigenvalue weighted by Crippen LogP contribution is 2.26. The number of hydrazone groups is 1. The summed E-state index contributed by atoms with van der Waals surface area (Å²) in [5.74, 6) is 0.537. The smallest absolute Gasteiger partial charge is 0.307 e. The molecule has 27 heavy (non-hydrogen) atoms. The Labute approximate surface area is 156 Å². The molecule has 134 valence electrons. The molecule has 0 radical (unpaired) electrons. The van der Waals surface area contributed by atoms with E-state index in [1.54, 1.807) is 12.3 Å². The van der Waals surface area contributed by atoms with Crippen LogP contribution in [0.3, 0.4) is 0 Å². The number of fused-ring (bicyclic) bond motifs is 2. The number of nitrogens with zero attached hydrogens (tertiary/aromatic N) is 1. The molecule has 0 saturated carbocycles. The molecule has 0 saturated heterocycles. The lowest BCUT2D eigenvalue weighted by Gasteiger charge is -2.10. The number of hydrogen-bond donors (Lipinski definition) is 1. The predicted octanol–water partition coefficient (Wildman–Crippen LogP) is 4.75. The van der Waals surface area contributed by atoms with Crippen molar-refractivity contribution < 1.29 is 13.9 Å². The second-order valence-electron chi connectivity index (χ2n) is 5.98. The van der Waals surface area contributed by atoms with Crippen LogP contribution in [0.25, 0.3) is 21.7 Å². The largest absolute Gasteiger partial charge is 0.493 e. The summed E-state index contributed by atoms with van der Waals surface area (Å²) in [5, 5.41) is 7.07. The molecule has 0 unspecified atom stereocenters. The van der Waals surface area contributed by atoms with Crippen molar-refractivity contribution in [1.82, 2.24) is 5.43 Å². The predicted molar refractivity (Wildman–Crippen MR) is 106 cm³/mol. The van der Waals surface area contributed by atoms with E-state index < -0.39 is 5.91 Å². The first-order chi connectivity index (χ1) is 13.3. The third kappa shape index (κ3) is 3.40. The van der Waals surface area contributed by atoms with Crippen LogP contribution >= 0.6 is 0 Å². The van der Waals surface area contributed by atoms with E-state index in [2.05, 4.69) is 10.5 Å². The van der Waals surface area contributed by atoms with Crippen molar-refractivity contribution in [3.63, 3.8) is 0 Å². The minimum atomic E-state index is -0.402. The van der Waals surface area contributed by atoms with Gasteiger partial charge < -0.3 is 9.15 Å². The van der Waals surface area contributed by atoms with Gasteiger partial charge in [0.15, 0.2) is 5.76 Å². The zero-order chi connectivity index (χ0) is 18.6. The second-order valence-corrected chi connectivity index (χ2v) is 5.98. The number of carbonyl (C=O) groups excluding carboxylic acids is 1. The first-order valence-electron chi connectivity index (χ1n) is 8.73. The van der Waals surface area contributed by atoms with Gasteiger partial charge in [0.1, 0.15) is 11.3 Å². The Bertz CT molecular complexity index is 1110. The monoisotopic (exact) mass is 358 g/mol. The Hall–Kier alpha value is -3.60. The van der Waals surface area contributed by atoms with E-state index in [1.807, 2.05) is 67.6 Å². The summed E-state index contributed by atoms with van der Waals surface area (Å²) in [6.07, 6.45) is 1.61. The van der Waals surface area contributed by atoms with Gasteiger partial charge >= 0.3 is 5.91 Å². The van der Waals surface area contributed by atoms with Crippen LogP contribution in [-0.4, -0.2) is 18.7 Å². The lowest BCUT2D eigenvalue weighted by molar-refractivity contribution is 0.0929. The van der Waals surface area contributed by atoms with E-state index >= 15 is 0 Å². The average molecular weight is 358 g/mol. The Morgan fingerprint density at radius 1 is 1.07 bits per heavy atom. The molecule has 4 rings (SSSR count). The number of rotatable bonds is 5. The van der Waals surface area contributed by atoms with E-state index in [9.17, 15) is 4.79 Å². The Balaban J connectivity index is 1.60. The van der Waals surface area contributed by atoms with Crippen molar-refractivity contribution in [2.45, 2.75) is 6.92 Å². The summed E-state index contributed by atoms with van der Waals surface area (Å²) in [7, 11) is 0. The molecule has 5 heteroatoms. The SMILES string of the molecule is CCOc1ccc2ccccc2c1C=NNC(=O)c1cc2ccccc2o1. The highest BCUT2D eigenvalue weighted by molar-refractivity contribution is 6.03. The highest BCUT2D eigenvalue weighted by atomic mass is 16.5. The molecule has 1 heterocycles. The summed E-state index contributed by atoms with van der Waals surface area (Å²) in [6.45, 7) is 2.48. The van der Waals surface area contributed by atoms with Gasteiger partial charge in [-0.25, -0.2) is 5.43 Å². The number of ether oxygens (including phenoxy) is 1. The fraction of sp³-hybridized carbons (Fsp3) is 0.0909. The fourth-order valence-electron chi connectivity index (χ4n) is 2.99. The van der Waals surface area contributed by atoms with Crippen LogP contribution in [0.5, 0.6) is 5.75 Å². The minimum Gasteiger partial charge on any atom is -0.493 e. The molecular weight excluding hydrogens is 340 g/mol. The van der Waals surface area contributed by atoms with Crippen LogP contribution in [0.1, 0.15) is 23.0 Å². The van der Waals surface area contributed by atoms with Gasteiger partial charge in [-0.15, -0.1) is 0 Å². The molecule has 0 atom stereocenters. The molecule has 1 aromatic heterocycles. The molecule has 1 amide bonds. The van der Waals surface area contributed by atoms with Crippen LogP contribution in [0.4, 0.5) is 0 Å². The third-order valence-electron chi connectivity index (χ3n) is 4.24. The summed E-state index contributed by atoms with van der Waals surface area (Å²) < 4.78 is 11.3. The van der Waals surface area contributed by atoms with Gasteiger partial charge in [0.2, 0.25) is 0 Å². The van der Waals surface area contributed by atoms with E-state index in [0.29, 0.717) is 12.2 Å². The molecule has 4 aromatic rings. The Kier molecular flexibility index (Phi) is 4.58. The molecule has 0 aliphatic carbocycles. The van der Waals surface area contributed by atoms with E-state index in [-0.39, 0.29) is 5.76 Å². The van der Waals surface area contributed by atoms with Gasteiger partial charge in [-0.05, 0) is 35.9 Å². The zero-order valence-corrected chi connectivity index (χ0v) is 14.8. The first kappa shape index (κ1) is 16.8. The normalized spacial score (nSPS) is 11.3. The van der Waals surface area contributed by atoms with E-state index in [0.717, 1.165) is 27.5 Å². The summed E-state index contributed by atoms with van der Waals surface area (Å²) >= 11 is 0. The maximum Gasteiger partial charge on any atom is 0.307 e. The zero-order valence-electron chi connectivity index (χ0n) is 14.8. The molecule has 0 aliphatic rings. The Morgan fingerprint density at radius 3 is 2.67 bits per heavy atom. The van der Waals surface area contributed by atoms with E-state index in [4.69, 9.17) is 9.15 Å². The van der Waals surface area contributed by atoms with Crippen molar-refractivity contribution in [2.24, 2.45) is 5.10 Å². The number of carbonyl (C=O) groups is 1. The van der Waals surface area contributed by atoms with Crippen LogP contribution in [0, 0.1) is 0 Å². The topological polar surface area (TPSA) is 63.8 Å². The number of furan rings is 1. The average Bonchev–Trinajstić information content (AvgIpc) is 3.14. The van der Waals surface area contributed by atoms with Crippen molar-refractivity contribution in [3.8, 4) is 5.75 Å². The quantitative estimate of drug-likeness (QED) is 0.414. The van der Waals surface area contributed by atoms with Gasteiger partial charge in [0.05, 0.1) is 12.8 Å². The van der Waals surface area contributed by atoms with Gasteiger partial charge in [0, 0.05) is 10.9 Å². The summed E-state index contributed by atoms with van der Waals surface area (Å²) in [6, 6.07) is 21.0. The van der Waals surface area contributed by atoms with Crippen molar-refractivity contribution in [2.75, 3.05) is 6.61 Å². The van der Waals surface area contributed by atoms with E-state index in [1.165, 1.54) is 0 Å². The highest BCUT2D eigenvalue weighted by Gasteiger charge is 2.11.